The number of carbonyl (C=O) groups excluding carboxylic acids is 1. The molecule has 112 valence electrons. The summed E-state index contributed by atoms with van der Waals surface area (Å²) in [5, 5.41) is 7.93. The number of sulfonamides is 1. The third kappa shape index (κ3) is 4.27. The number of hydrogen-bond donors (Lipinski definition) is 2. The zero-order valence-electron chi connectivity index (χ0n) is 11.0. The molecule has 0 radical (unpaired) electrons. The number of primary sulfonamides is 1. The lowest BCUT2D eigenvalue weighted by Gasteiger charge is -2.21. The molecular weight excluding hydrogens is 300 g/mol. The van der Waals surface area contributed by atoms with Gasteiger partial charge in [0.15, 0.2) is 0 Å². The van der Waals surface area contributed by atoms with E-state index < -0.39 is 10.0 Å². The molecule has 0 aromatic carbocycles. The average molecular weight is 318 g/mol. The Balaban J connectivity index is 1.78. The molecule has 20 heavy (non-hydrogen) atoms. The van der Waals surface area contributed by atoms with Gasteiger partial charge in [0, 0.05) is 30.6 Å². The van der Waals surface area contributed by atoms with E-state index >= 15 is 0 Å². The Kier molecular flexibility index (Phi) is 5.14. The molecule has 0 spiro atoms. The Morgan fingerprint density at radius 3 is 2.70 bits per heavy atom. The molecule has 1 aromatic heterocycles. The van der Waals surface area contributed by atoms with Crippen LogP contribution in [-0.2, 0) is 26.0 Å². The Morgan fingerprint density at radius 2 is 2.10 bits per heavy atom. The topological polar surface area (TPSA) is 98.5 Å². The second-order valence-electron chi connectivity index (χ2n) is 4.69. The number of rotatable bonds is 5. The Morgan fingerprint density at radius 1 is 1.40 bits per heavy atom. The predicted molar refractivity (Wildman–Crippen MR) is 75.9 cm³/mol. The quantitative estimate of drug-likeness (QED) is 0.825. The first-order chi connectivity index (χ1) is 9.47. The van der Waals surface area contributed by atoms with Gasteiger partial charge in [0.1, 0.15) is 4.21 Å². The van der Waals surface area contributed by atoms with Crippen molar-refractivity contribution in [3.8, 4) is 0 Å². The second kappa shape index (κ2) is 6.66. The van der Waals surface area contributed by atoms with Gasteiger partial charge in [-0.25, -0.2) is 13.6 Å². The largest absolute Gasteiger partial charge is 0.381 e. The fourth-order valence-electron chi connectivity index (χ4n) is 2.06. The number of nitrogens with two attached hydrogens (primary N) is 1. The molecule has 0 bridgehead atoms. The lowest BCUT2D eigenvalue weighted by atomic mass is 9.99. The molecule has 1 saturated heterocycles. The summed E-state index contributed by atoms with van der Waals surface area (Å²) in [6.07, 6.45) is 2.13. The lowest BCUT2D eigenvalue weighted by Crippen LogP contribution is -2.35. The van der Waals surface area contributed by atoms with E-state index in [2.05, 4.69) is 5.32 Å². The van der Waals surface area contributed by atoms with Crippen LogP contribution in [0, 0.1) is 5.92 Å². The molecule has 1 amide bonds. The predicted octanol–water partition coefficient (Wildman–Crippen LogP) is 0.481. The molecule has 1 aromatic rings. The van der Waals surface area contributed by atoms with Crippen molar-refractivity contribution in [3.63, 3.8) is 0 Å². The van der Waals surface area contributed by atoms with Crippen molar-refractivity contribution in [1.82, 2.24) is 5.32 Å². The van der Waals surface area contributed by atoms with Crippen LogP contribution in [0.2, 0.25) is 0 Å². The zero-order valence-corrected chi connectivity index (χ0v) is 12.6. The van der Waals surface area contributed by atoms with Gasteiger partial charge in [-0.15, -0.1) is 11.3 Å². The Bertz CT molecular complexity index is 562. The number of nitrogens with one attached hydrogen (secondary N) is 1. The van der Waals surface area contributed by atoms with Gasteiger partial charge in [0.25, 0.3) is 0 Å². The van der Waals surface area contributed by atoms with E-state index in [4.69, 9.17) is 9.88 Å². The first-order valence-electron chi connectivity index (χ1n) is 6.44. The first kappa shape index (κ1) is 15.4. The van der Waals surface area contributed by atoms with Gasteiger partial charge >= 0.3 is 0 Å². The van der Waals surface area contributed by atoms with Gasteiger partial charge in [-0.3, -0.25) is 4.79 Å². The van der Waals surface area contributed by atoms with Crippen LogP contribution in [0.15, 0.2) is 16.3 Å². The summed E-state index contributed by atoms with van der Waals surface area (Å²) in [7, 11) is -3.62. The minimum absolute atomic E-state index is 0.0343. The number of thiophene rings is 1. The van der Waals surface area contributed by atoms with Crippen molar-refractivity contribution < 1.29 is 17.9 Å². The minimum atomic E-state index is -3.62. The number of ether oxygens (including phenoxy) is 1. The van der Waals surface area contributed by atoms with Crippen LogP contribution >= 0.6 is 11.3 Å². The van der Waals surface area contributed by atoms with E-state index in [9.17, 15) is 13.2 Å². The van der Waals surface area contributed by atoms with Gasteiger partial charge in [0.2, 0.25) is 15.9 Å². The van der Waals surface area contributed by atoms with Crippen molar-refractivity contribution in [1.29, 1.82) is 0 Å². The first-order valence-corrected chi connectivity index (χ1v) is 8.80. The highest BCUT2D eigenvalue weighted by Crippen LogP contribution is 2.20. The van der Waals surface area contributed by atoms with E-state index in [-0.39, 0.29) is 16.0 Å². The number of carbonyl (C=O) groups is 1. The molecule has 2 heterocycles. The third-order valence-corrected chi connectivity index (χ3v) is 5.76. The van der Waals surface area contributed by atoms with Gasteiger partial charge in [-0.05, 0) is 31.4 Å². The van der Waals surface area contributed by atoms with Crippen molar-refractivity contribution in [2.24, 2.45) is 11.1 Å². The summed E-state index contributed by atoms with van der Waals surface area (Å²) in [4.78, 5) is 12.8. The monoisotopic (exact) mass is 318 g/mol. The summed E-state index contributed by atoms with van der Waals surface area (Å²) in [6.45, 7) is 1.78. The SMILES string of the molecule is NS(=O)(=O)c1ccc(CCNC(=O)C2CCOCC2)s1. The lowest BCUT2D eigenvalue weighted by molar-refractivity contribution is -0.127. The summed E-state index contributed by atoms with van der Waals surface area (Å²) >= 11 is 1.14. The summed E-state index contributed by atoms with van der Waals surface area (Å²) < 4.78 is 27.6. The molecule has 3 N–H and O–H groups in total. The Labute approximate surface area is 122 Å². The van der Waals surface area contributed by atoms with Crippen molar-refractivity contribution in [3.05, 3.63) is 17.0 Å². The smallest absolute Gasteiger partial charge is 0.247 e. The molecular formula is C12H18N2O4S2. The summed E-state index contributed by atoms with van der Waals surface area (Å²) in [5.74, 6) is 0.0867. The second-order valence-corrected chi connectivity index (χ2v) is 7.65. The van der Waals surface area contributed by atoms with E-state index in [1.807, 2.05) is 0 Å². The molecule has 0 unspecified atom stereocenters. The maximum atomic E-state index is 11.9. The maximum Gasteiger partial charge on any atom is 0.247 e. The maximum absolute atomic E-state index is 11.9. The molecule has 6 nitrogen and oxygen atoms in total. The van der Waals surface area contributed by atoms with E-state index in [0.29, 0.717) is 26.2 Å². The molecule has 0 atom stereocenters. The van der Waals surface area contributed by atoms with Crippen LogP contribution in [0.25, 0.3) is 0 Å². The van der Waals surface area contributed by atoms with Crippen LogP contribution in [-0.4, -0.2) is 34.1 Å². The molecule has 8 heteroatoms. The van der Waals surface area contributed by atoms with Crippen LogP contribution in [0.3, 0.4) is 0 Å². The van der Waals surface area contributed by atoms with Crippen LogP contribution in [0.5, 0.6) is 0 Å². The van der Waals surface area contributed by atoms with Crippen LogP contribution in [0.4, 0.5) is 0 Å². The molecule has 1 aliphatic rings. The third-order valence-electron chi connectivity index (χ3n) is 3.18. The number of hydrogen-bond acceptors (Lipinski definition) is 5. The summed E-state index contributed by atoms with van der Waals surface area (Å²) in [6, 6.07) is 3.22. The highest BCUT2D eigenvalue weighted by Gasteiger charge is 2.21. The highest BCUT2D eigenvalue weighted by atomic mass is 32.2. The molecule has 2 rings (SSSR count). The Hall–Kier alpha value is -0.960. The highest BCUT2D eigenvalue weighted by molar-refractivity contribution is 7.91. The van der Waals surface area contributed by atoms with E-state index in [1.165, 1.54) is 6.07 Å². The molecule has 0 aliphatic carbocycles. The van der Waals surface area contributed by atoms with Crippen LogP contribution in [0.1, 0.15) is 17.7 Å². The standard InChI is InChI=1S/C12H18N2O4S2/c13-20(16,17)11-2-1-10(19-11)3-6-14-12(15)9-4-7-18-8-5-9/h1-2,9H,3-8H2,(H,14,15)(H2,13,16,17). The minimum Gasteiger partial charge on any atom is -0.381 e. The van der Waals surface area contributed by atoms with Crippen molar-refractivity contribution in [2.45, 2.75) is 23.5 Å². The number of amides is 1. The summed E-state index contributed by atoms with van der Waals surface area (Å²) in [5.41, 5.74) is 0. The fraction of sp³-hybridized carbons (Fsp3) is 0.583. The van der Waals surface area contributed by atoms with Crippen molar-refractivity contribution >= 4 is 27.3 Å². The normalized spacial score (nSPS) is 17.1. The van der Waals surface area contributed by atoms with Crippen molar-refractivity contribution in [2.75, 3.05) is 19.8 Å². The van der Waals surface area contributed by atoms with Gasteiger partial charge in [-0.2, -0.15) is 0 Å². The van der Waals surface area contributed by atoms with Crippen LogP contribution < -0.4 is 10.5 Å². The molecule has 0 saturated carbocycles. The van der Waals surface area contributed by atoms with E-state index in [1.54, 1.807) is 6.07 Å². The van der Waals surface area contributed by atoms with Gasteiger partial charge < -0.3 is 10.1 Å². The van der Waals surface area contributed by atoms with E-state index in [0.717, 1.165) is 29.1 Å². The average Bonchev–Trinajstić information content (AvgIpc) is 2.88. The molecule has 1 aliphatic heterocycles. The molecule has 1 fully saturated rings. The zero-order chi connectivity index (χ0) is 14.6. The van der Waals surface area contributed by atoms with Gasteiger partial charge in [-0.1, -0.05) is 0 Å². The van der Waals surface area contributed by atoms with Gasteiger partial charge in [0.05, 0.1) is 0 Å². The fourth-order valence-corrected chi connectivity index (χ4v) is 3.84.